The van der Waals surface area contributed by atoms with Crippen molar-refractivity contribution < 1.29 is 14.6 Å². The molecule has 1 heterocycles. The van der Waals surface area contributed by atoms with Crippen molar-refractivity contribution in [2.75, 3.05) is 46.9 Å². The minimum Gasteiger partial charge on any atom is -0.497 e. The molecule has 1 saturated heterocycles. The molecule has 0 bridgehead atoms. The average Bonchev–Trinajstić information content (AvgIpc) is 2.86. The van der Waals surface area contributed by atoms with E-state index in [0.29, 0.717) is 0 Å². The Morgan fingerprint density at radius 2 is 1.52 bits per heavy atom. The summed E-state index contributed by atoms with van der Waals surface area (Å²) in [6, 6.07) is 16.5. The normalized spacial score (nSPS) is 19.9. The number of hydrogen-bond donors (Lipinski definition) is 1. The predicted molar refractivity (Wildman–Crippen MR) is 134 cm³/mol. The van der Waals surface area contributed by atoms with E-state index in [9.17, 15) is 5.11 Å². The summed E-state index contributed by atoms with van der Waals surface area (Å²) < 4.78 is 10.8. The lowest BCUT2D eigenvalue weighted by Crippen LogP contribution is -2.46. The fourth-order valence-corrected chi connectivity index (χ4v) is 5.15. The lowest BCUT2D eigenvalue weighted by atomic mass is 9.76. The molecule has 1 N–H and O–H groups in total. The number of ether oxygens (including phenoxy) is 2. The van der Waals surface area contributed by atoms with Gasteiger partial charge in [-0.2, -0.15) is 0 Å². The number of aliphatic hydroxyl groups is 1. The number of methoxy groups -OCH3 is 2. The lowest BCUT2D eigenvalue weighted by molar-refractivity contribution is 0.0608. The molecular weight excluding hydrogens is 412 g/mol. The minimum atomic E-state index is -0.737. The Bertz CT molecular complexity index is 928. The van der Waals surface area contributed by atoms with Crippen molar-refractivity contribution in [2.45, 2.75) is 44.2 Å². The molecule has 33 heavy (non-hydrogen) atoms. The van der Waals surface area contributed by atoms with Crippen LogP contribution in [0.3, 0.4) is 0 Å². The monoisotopic (exact) mass is 450 g/mol. The van der Waals surface area contributed by atoms with Gasteiger partial charge in [-0.15, -0.1) is 0 Å². The Kier molecular flexibility index (Phi) is 8.07. The van der Waals surface area contributed by atoms with E-state index in [2.05, 4.69) is 46.2 Å². The van der Waals surface area contributed by atoms with Gasteiger partial charge in [-0.05, 0) is 53.8 Å². The van der Waals surface area contributed by atoms with Crippen LogP contribution in [-0.2, 0) is 6.54 Å². The molecule has 178 valence electrons. The molecule has 2 aromatic carbocycles. The first-order chi connectivity index (χ1) is 16.1. The van der Waals surface area contributed by atoms with E-state index in [1.54, 1.807) is 14.2 Å². The zero-order valence-corrected chi connectivity index (χ0v) is 20.1. The number of benzene rings is 2. The topological polar surface area (TPSA) is 45.2 Å². The van der Waals surface area contributed by atoms with Crippen LogP contribution < -0.4 is 9.47 Å². The highest BCUT2D eigenvalue weighted by Crippen LogP contribution is 2.40. The van der Waals surface area contributed by atoms with Gasteiger partial charge in [0, 0.05) is 39.3 Å². The van der Waals surface area contributed by atoms with Gasteiger partial charge in [-0.3, -0.25) is 9.80 Å². The summed E-state index contributed by atoms with van der Waals surface area (Å²) in [5.41, 5.74) is 2.71. The Labute approximate surface area is 198 Å². The van der Waals surface area contributed by atoms with Crippen LogP contribution in [0.2, 0.25) is 0 Å². The highest BCUT2D eigenvalue weighted by Gasteiger charge is 2.34. The summed E-state index contributed by atoms with van der Waals surface area (Å²) in [5, 5.41) is 11.6. The van der Waals surface area contributed by atoms with E-state index in [-0.39, 0.29) is 0 Å². The van der Waals surface area contributed by atoms with E-state index < -0.39 is 5.60 Å². The lowest BCUT2D eigenvalue weighted by Gasteiger charge is -2.37. The van der Waals surface area contributed by atoms with Crippen molar-refractivity contribution in [3.63, 3.8) is 0 Å². The van der Waals surface area contributed by atoms with E-state index in [4.69, 9.17) is 9.47 Å². The van der Waals surface area contributed by atoms with Crippen LogP contribution in [0.4, 0.5) is 0 Å². The van der Waals surface area contributed by atoms with Crippen LogP contribution in [0.1, 0.15) is 43.2 Å². The summed E-state index contributed by atoms with van der Waals surface area (Å²) in [4.78, 5) is 5.00. The smallest absolute Gasteiger partial charge is 0.119 e. The van der Waals surface area contributed by atoms with E-state index in [1.165, 1.54) is 12.0 Å². The first-order valence-corrected chi connectivity index (χ1v) is 12.2. The van der Waals surface area contributed by atoms with Crippen molar-refractivity contribution >= 4 is 5.57 Å². The fraction of sp³-hybridized carbons (Fsp3) is 0.500. The minimum absolute atomic E-state index is 0.737. The van der Waals surface area contributed by atoms with Crippen molar-refractivity contribution in [3.05, 3.63) is 65.7 Å². The van der Waals surface area contributed by atoms with Crippen molar-refractivity contribution in [1.29, 1.82) is 0 Å². The molecule has 0 aromatic heterocycles. The number of rotatable bonds is 8. The molecule has 0 radical (unpaired) electrons. The third-order valence-electron chi connectivity index (χ3n) is 7.12. The van der Waals surface area contributed by atoms with Gasteiger partial charge >= 0.3 is 0 Å². The van der Waals surface area contributed by atoms with Gasteiger partial charge in [0.2, 0.25) is 0 Å². The molecule has 2 aliphatic rings. The van der Waals surface area contributed by atoms with Gasteiger partial charge in [0.1, 0.15) is 11.5 Å². The quantitative estimate of drug-likeness (QED) is 0.637. The molecule has 0 spiro atoms. The molecule has 0 unspecified atom stereocenters. The second-order valence-electron chi connectivity index (χ2n) is 9.37. The standard InChI is InChI=1S/C28H38N2O3/c1-32-25-10-6-8-23(20-25)22-30-18-16-29(17-19-30)15-12-27(28(31)13-4-3-5-14-28)24-9-7-11-26(21-24)33-2/h6-12,20-21,31H,3-5,13-19,22H2,1-2H3/b27-12+. The third kappa shape index (κ3) is 6.17. The molecule has 1 saturated carbocycles. The Morgan fingerprint density at radius 3 is 2.21 bits per heavy atom. The summed E-state index contributed by atoms with van der Waals surface area (Å²) in [7, 11) is 3.41. The SMILES string of the molecule is COc1cccc(CN2CCN(C/C=C(\c3cccc(OC)c3)C3(O)CCCCC3)CC2)c1. The molecule has 0 amide bonds. The number of nitrogens with zero attached hydrogens (tertiary/aromatic N) is 2. The van der Waals surface area contributed by atoms with Gasteiger partial charge < -0.3 is 14.6 Å². The van der Waals surface area contributed by atoms with Gasteiger partial charge in [-0.25, -0.2) is 0 Å². The summed E-state index contributed by atoms with van der Waals surface area (Å²) in [6.07, 6.45) is 7.33. The van der Waals surface area contributed by atoms with Gasteiger partial charge in [0.25, 0.3) is 0 Å². The summed E-state index contributed by atoms with van der Waals surface area (Å²) >= 11 is 0. The maximum absolute atomic E-state index is 11.6. The zero-order valence-electron chi connectivity index (χ0n) is 20.1. The van der Waals surface area contributed by atoms with Crippen LogP contribution in [-0.4, -0.2) is 67.5 Å². The highest BCUT2D eigenvalue weighted by atomic mass is 16.5. The third-order valence-corrected chi connectivity index (χ3v) is 7.12. The van der Waals surface area contributed by atoms with Crippen molar-refractivity contribution in [3.8, 4) is 11.5 Å². The number of hydrogen-bond acceptors (Lipinski definition) is 5. The summed E-state index contributed by atoms with van der Waals surface area (Å²) in [5.74, 6) is 1.76. The van der Waals surface area contributed by atoms with Gasteiger partial charge in [0.05, 0.1) is 19.8 Å². The highest BCUT2D eigenvalue weighted by molar-refractivity contribution is 5.73. The molecule has 1 aliphatic carbocycles. The van der Waals surface area contributed by atoms with Crippen LogP contribution >= 0.6 is 0 Å². The van der Waals surface area contributed by atoms with E-state index in [1.807, 2.05) is 18.2 Å². The molecule has 1 aliphatic heterocycles. The zero-order chi connectivity index (χ0) is 23.1. The van der Waals surface area contributed by atoms with Crippen molar-refractivity contribution in [2.24, 2.45) is 0 Å². The van der Waals surface area contributed by atoms with Gasteiger partial charge in [0.15, 0.2) is 0 Å². The first kappa shape index (κ1) is 23.8. The molecule has 2 aromatic rings. The first-order valence-electron chi connectivity index (χ1n) is 12.2. The maximum atomic E-state index is 11.6. The Balaban J connectivity index is 1.41. The summed E-state index contributed by atoms with van der Waals surface area (Å²) in [6.45, 7) is 5.97. The van der Waals surface area contributed by atoms with Crippen LogP contribution in [0.5, 0.6) is 11.5 Å². The van der Waals surface area contributed by atoms with E-state index >= 15 is 0 Å². The molecule has 5 nitrogen and oxygen atoms in total. The maximum Gasteiger partial charge on any atom is 0.119 e. The Morgan fingerprint density at radius 1 is 0.879 bits per heavy atom. The molecule has 5 heteroatoms. The average molecular weight is 451 g/mol. The largest absolute Gasteiger partial charge is 0.497 e. The molecule has 2 fully saturated rings. The van der Waals surface area contributed by atoms with Crippen molar-refractivity contribution in [1.82, 2.24) is 9.80 Å². The molecule has 0 atom stereocenters. The van der Waals surface area contributed by atoms with Crippen LogP contribution in [0.25, 0.3) is 5.57 Å². The Hall–Kier alpha value is -2.34. The van der Waals surface area contributed by atoms with E-state index in [0.717, 1.165) is 87.6 Å². The second kappa shape index (κ2) is 11.2. The number of piperazine rings is 1. The molecular formula is C28H38N2O3. The van der Waals surface area contributed by atoms with Crippen LogP contribution in [0, 0.1) is 0 Å². The fourth-order valence-electron chi connectivity index (χ4n) is 5.15. The second-order valence-corrected chi connectivity index (χ2v) is 9.37. The van der Waals surface area contributed by atoms with Gasteiger partial charge in [-0.1, -0.05) is 49.6 Å². The molecule has 4 rings (SSSR count). The van der Waals surface area contributed by atoms with Crippen LogP contribution in [0.15, 0.2) is 54.6 Å². The predicted octanol–water partition coefficient (Wildman–Crippen LogP) is 4.60.